The summed E-state index contributed by atoms with van der Waals surface area (Å²) in [7, 11) is 0. The minimum atomic E-state index is -0.423. The van der Waals surface area contributed by atoms with Crippen LogP contribution in [0.1, 0.15) is 30.4 Å². The molecule has 0 fully saturated rings. The Bertz CT molecular complexity index is 1070. The number of fused-ring (bicyclic) bond motifs is 2. The number of aryl methyl sites for hydroxylation is 3. The maximum Gasteiger partial charge on any atom is 0.419 e. The zero-order valence-corrected chi connectivity index (χ0v) is 15.2. The number of carbonyl (C=O) groups excluding carboxylic acids is 1. The summed E-state index contributed by atoms with van der Waals surface area (Å²) in [5.41, 5.74) is 3.44. The average molecular weight is 368 g/mol. The normalized spacial score (nSPS) is 13.8. The van der Waals surface area contributed by atoms with Crippen molar-refractivity contribution in [1.82, 2.24) is 4.57 Å². The molecule has 0 radical (unpaired) electrons. The Balaban J connectivity index is 1.48. The van der Waals surface area contributed by atoms with E-state index < -0.39 is 5.76 Å². The standard InChI is InChI=1S/C21H21FN2O3/c1-14-12-15-6-4-11-24(20(15)16(22)13-14)19(25)9-5-10-23-17-7-2-3-8-18(17)27-21(23)26/h2-3,7-8,12-13H,4-6,9-11H2,1H3. The molecule has 5 nitrogen and oxygen atoms in total. The third kappa shape index (κ3) is 3.27. The number of hydrogen-bond acceptors (Lipinski definition) is 3. The van der Waals surface area contributed by atoms with E-state index in [0.717, 1.165) is 29.5 Å². The van der Waals surface area contributed by atoms with Crippen molar-refractivity contribution in [3.05, 3.63) is 63.9 Å². The van der Waals surface area contributed by atoms with E-state index in [4.69, 9.17) is 4.42 Å². The zero-order chi connectivity index (χ0) is 19.0. The van der Waals surface area contributed by atoms with E-state index in [9.17, 15) is 14.0 Å². The summed E-state index contributed by atoms with van der Waals surface area (Å²) in [6, 6.07) is 10.6. The van der Waals surface area contributed by atoms with E-state index in [1.807, 2.05) is 31.2 Å². The molecule has 27 heavy (non-hydrogen) atoms. The van der Waals surface area contributed by atoms with E-state index in [1.54, 1.807) is 11.0 Å². The average Bonchev–Trinajstić information content (AvgIpc) is 2.96. The number of amides is 1. The SMILES string of the molecule is Cc1cc(F)c2c(c1)CCCN2C(=O)CCCn1c(=O)oc2ccccc21. The van der Waals surface area contributed by atoms with Crippen molar-refractivity contribution in [3.63, 3.8) is 0 Å². The largest absolute Gasteiger partial charge is 0.419 e. The highest BCUT2D eigenvalue weighted by Gasteiger charge is 2.25. The monoisotopic (exact) mass is 368 g/mol. The number of benzene rings is 2. The second kappa shape index (κ2) is 7.02. The Hall–Kier alpha value is -2.89. The summed E-state index contributed by atoms with van der Waals surface area (Å²) in [5.74, 6) is -0.872. The molecule has 2 heterocycles. The highest BCUT2D eigenvalue weighted by atomic mass is 19.1. The van der Waals surface area contributed by atoms with Crippen molar-refractivity contribution in [2.45, 2.75) is 39.2 Å². The molecule has 1 aliphatic heterocycles. The lowest BCUT2D eigenvalue weighted by Crippen LogP contribution is -2.36. The zero-order valence-electron chi connectivity index (χ0n) is 15.2. The predicted octanol–water partition coefficient (Wildman–Crippen LogP) is 3.80. The molecule has 6 heteroatoms. The second-order valence-corrected chi connectivity index (χ2v) is 6.99. The molecule has 3 aromatic rings. The fourth-order valence-electron chi connectivity index (χ4n) is 3.84. The third-order valence-electron chi connectivity index (χ3n) is 5.03. The van der Waals surface area contributed by atoms with Crippen LogP contribution >= 0.6 is 0 Å². The predicted molar refractivity (Wildman–Crippen MR) is 102 cm³/mol. The number of nitrogens with zero attached hydrogens (tertiary/aromatic N) is 2. The number of rotatable bonds is 4. The van der Waals surface area contributed by atoms with Crippen molar-refractivity contribution in [1.29, 1.82) is 0 Å². The summed E-state index contributed by atoms with van der Waals surface area (Å²) >= 11 is 0. The number of oxazole rings is 1. The van der Waals surface area contributed by atoms with Gasteiger partial charge in [-0.3, -0.25) is 9.36 Å². The minimum absolute atomic E-state index is 0.112. The van der Waals surface area contributed by atoms with Gasteiger partial charge in [0.1, 0.15) is 5.82 Å². The minimum Gasteiger partial charge on any atom is -0.408 e. The van der Waals surface area contributed by atoms with Crippen LogP contribution < -0.4 is 10.7 Å². The molecule has 0 saturated heterocycles. The Morgan fingerprint density at radius 1 is 1.26 bits per heavy atom. The van der Waals surface area contributed by atoms with Crippen molar-refractivity contribution in [2.24, 2.45) is 0 Å². The van der Waals surface area contributed by atoms with Crippen molar-refractivity contribution < 1.29 is 13.6 Å². The second-order valence-electron chi connectivity index (χ2n) is 6.99. The number of para-hydroxylation sites is 2. The van der Waals surface area contributed by atoms with Crippen LogP contribution in [0.25, 0.3) is 11.1 Å². The van der Waals surface area contributed by atoms with E-state index >= 15 is 0 Å². The van der Waals surface area contributed by atoms with E-state index in [0.29, 0.717) is 30.8 Å². The fraction of sp³-hybridized carbons (Fsp3) is 0.333. The lowest BCUT2D eigenvalue weighted by molar-refractivity contribution is -0.118. The molecule has 0 bridgehead atoms. The molecule has 1 aromatic heterocycles. The van der Waals surface area contributed by atoms with Crippen molar-refractivity contribution in [2.75, 3.05) is 11.4 Å². The highest BCUT2D eigenvalue weighted by Crippen LogP contribution is 2.31. The molecule has 1 aliphatic rings. The number of halogens is 1. The highest BCUT2D eigenvalue weighted by molar-refractivity contribution is 5.94. The molecule has 0 unspecified atom stereocenters. The quantitative estimate of drug-likeness (QED) is 0.704. The van der Waals surface area contributed by atoms with Crippen LogP contribution in [0.3, 0.4) is 0 Å². The number of hydrogen-bond donors (Lipinski definition) is 0. The van der Waals surface area contributed by atoms with Gasteiger partial charge in [0.2, 0.25) is 5.91 Å². The van der Waals surface area contributed by atoms with Crippen LogP contribution in [0.4, 0.5) is 10.1 Å². The van der Waals surface area contributed by atoms with Gasteiger partial charge in [-0.05, 0) is 55.5 Å². The molecular weight excluding hydrogens is 347 g/mol. The number of carbonyl (C=O) groups is 1. The summed E-state index contributed by atoms with van der Waals surface area (Å²) in [5, 5.41) is 0. The van der Waals surface area contributed by atoms with Crippen LogP contribution in [0.2, 0.25) is 0 Å². The van der Waals surface area contributed by atoms with Gasteiger partial charge in [-0.2, -0.15) is 0 Å². The van der Waals surface area contributed by atoms with Gasteiger partial charge in [0.25, 0.3) is 0 Å². The van der Waals surface area contributed by atoms with Gasteiger partial charge < -0.3 is 9.32 Å². The van der Waals surface area contributed by atoms with E-state index in [-0.39, 0.29) is 18.1 Å². The number of aromatic nitrogens is 1. The first kappa shape index (κ1) is 17.5. The molecule has 0 N–H and O–H groups in total. The summed E-state index contributed by atoms with van der Waals surface area (Å²) < 4.78 is 21.2. The van der Waals surface area contributed by atoms with Crippen LogP contribution in [0.5, 0.6) is 0 Å². The lowest BCUT2D eigenvalue weighted by Gasteiger charge is -2.30. The van der Waals surface area contributed by atoms with Crippen LogP contribution in [-0.2, 0) is 17.8 Å². The van der Waals surface area contributed by atoms with Gasteiger partial charge in [-0.15, -0.1) is 0 Å². The Morgan fingerprint density at radius 3 is 2.93 bits per heavy atom. The summed E-state index contributed by atoms with van der Waals surface area (Å²) in [4.78, 5) is 26.3. The first-order valence-corrected chi connectivity index (χ1v) is 9.22. The topological polar surface area (TPSA) is 55.5 Å². The summed E-state index contributed by atoms with van der Waals surface area (Å²) in [6.07, 6.45) is 2.35. The Morgan fingerprint density at radius 2 is 2.07 bits per heavy atom. The summed E-state index contributed by atoms with van der Waals surface area (Å²) in [6.45, 7) is 2.77. The van der Waals surface area contributed by atoms with E-state index in [1.165, 1.54) is 10.6 Å². The van der Waals surface area contributed by atoms with Crippen LogP contribution in [-0.4, -0.2) is 17.0 Å². The molecule has 140 valence electrons. The fourth-order valence-corrected chi connectivity index (χ4v) is 3.84. The number of anilines is 1. The maximum atomic E-state index is 14.5. The van der Waals surface area contributed by atoms with Gasteiger partial charge in [-0.25, -0.2) is 9.18 Å². The molecule has 0 atom stereocenters. The third-order valence-corrected chi connectivity index (χ3v) is 5.03. The Kier molecular flexibility index (Phi) is 4.56. The van der Waals surface area contributed by atoms with Gasteiger partial charge in [-0.1, -0.05) is 18.2 Å². The van der Waals surface area contributed by atoms with Gasteiger partial charge >= 0.3 is 5.76 Å². The maximum absolute atomic E-state index is 14.5. The van der Waals surface area contributed by atoms with Gasteiger partial charge in [0, 0.05) is 19.5 Å². The Labute approximate surface area is 156 Å². The first-order chi connectivity index (χ1) is 13.0. The molecular formula is C21H21FN2O3. The van der Waals surface area contributed by atoms with Crippen molar-refractivity contribution >= 4 is 22.7 Å². The van der Waals surface area contributed by atoms with Gasteiger partial charge in [0.15, 0.2) is 5.58 Å². The van der Waals surface area contributed by atoms with E-state index in [2.05, 4.69) is 0 Å². The van der Waals surface area contributed by atoms with Crippen LogP contribution in [0.15, 0.2) is 45.6 Å². The lowest BCUT2D eigenvalue weighted by atomic mass is 9.98. The smallest absolute Gasteiger partial charge is 0.408 e. The molecule has 2 aromatic carbocycles. The first-order valence-electron chi connectivity index (χ1n) is 9.22. The molecule has 1 amide bonds. The van der Waals surface area contributed by atoms with Crippen molar-refractivity contribution in [3.8, 4) is 0 Å². The van der Waals surface area contributed by atoms with Crippen LogP contribution in [0, 0.1) is 12.7 Å². The molecule has 4 rings (SSSR count). The molecule has 0 aliphatic carbocycles. The molecule has 0 spiro atoms. The van der Waals surface area contributed by atoms with Gasteiger partial charge in [0.05, 0.1) is 11.2 Å². The molecule has 0 saturated carbocycles.